The Labute approximate surface area is 156 Å². The molecular weight excluding hydrogens is 332 g/mol. The van der Waals surface area contributed by atoms with E-state index in [1.54, 1.807) is 7.11 Å². The maximum atomic E-state index is 13.0. The first-order chi connectivity index (χ1) is 12.7. The minimum Gasteiger partial charge on any atom is -0.497 e. The van der Waals surface area contributed by atoms with Crippen molar-refractivity contribution < 1.29 is 19.0 Å². The molecule has 2 fully saturated rings. The molecule has 1 atom stereocenters. The SMILES string of the molecule is CCC(C(=O)N1CCC(Oc2ccc(OC)cc2)CC1)N1CCOCC1. The standard InChI is InChI=1S/C20H30N2O4/c1-3-19(21-12-14-25-15-13-21)20(23)22-10-8-18(9-11-22)26-17-6-4-16(24-2)5-7-17/h4-7,18-19H,3,8-15H2,1-2H3. The number of hydrogen-bond acceptors (Lipinski definition) is 5. The number of carbonyl (C=O) groups excluding carboxylic acids is 1. The number of likely N-dealkylation sites (tertiary alicyclic amines) is 1. The first kappa shape index (κ1) is 19.0. The number of ether oxygens (including phenoxy) is 3. The van der Waals surface area contributed by atoms with E-state index >= 15 is 0 Å². The second-order valence-corrected chi connectivity index (χ2v) is 6.89. The topological polar surface area (TPSA) is 51.2 Å². The third kappa shape index (κ3) is 4.68. The lowest BCUT2D eigenvalue weighted by Gasteiger charge is -2.38. The minimum atomic E-state index is -0.0158. The zero-order valence-corrected chi connectivity index (χ0v) is 15.9. The number of nitrogens with zero attached hydrogens (tertiary/aromatic N) is 2. The Kier molecular flexibility index (Phi) is 6.74. The molecule has 26 heavy (non-hydrogen) atoms. The zero-order valence-electron chi connectivity index (χ0n) is 15.9. The second-order valence-electron chi connectivity index (χ2n) is 6.89. The molecule has 2 aliphatic rings. The lowest BCUT2D eigenvalue weighted by Crippen LogP contribution is -2.54. The molecule has 2 heterocycles. The van der Waals surface area contributed by atoms with Crippen LogP contribution in [0.4, 0.5) is 0 Å². The van der Waals surface area contributed by atoms with E-state index in [0.29, 0.717) is 0 Å². The first-order valence-corrected chi connectivity index (χ1v) is 9.62. The van der Waals surface area contributed by atoms with Gasteiger partial charge in [-0.05, 0) is 30.7 Å². The van der Waals surface area contributed by atoms with E-state index in [4.69, 9.17) is 14.2 Å². The lowest BCUT2D eigenvalue weighted by atomic mass is 10.0. The predicted molar refractivity (Wildman–Crippen MR) is 99.7 cm³/mol. The Hall–Kier alpha value is -1.79. The van der Waals surface area contributed by atoms with Gasteiger partial charge in [-0.15, -0.1) is 0 Å². The predicted octanol–water partition coefficient (Wildman–Crippen LogP) is 2.18. The summed E-state index contributed by atoms with van der Waals surface area (Å²) in [4.78, 5) is 17.2. The molecule has 1 unspecified atom stereocenters. The van der Waals surface area contributed by atoms with Crippen LogP contribution in [0.15, 0.2) is 24.3 Å². The van der Waals surface area contributed by atoms with Crippen LogP contribution in [0.1, 0.15) is 26.2 Å². The third-order valence-corrected chi connectivity index (χ3v) is 5.27. The van der Waals surface area contributed by atoms with Crippen LogP contribution in [-0.2, 0) is 9.53 Å². The molecule has 144 valence electrons. The third-order valence-electron chi connectivity index (χ3n) is 5.27. The highest BCUT2D eigenvalue weighted by Gasteiger charge is 2.32. The first-order valence-electron chi connectivity index (χ1n) is 9.62. The molecule has 0 N–H and O–H groups in total. The van der Waals surface area contributed by atoms with Gasteiger partial charge in [-0.3, -0.25) is 9.69 Å². The summed E-state index contributed by atoms with van der Waals surface area (Å²) < 4.78 is 16.7. The summed E-state index contributed by atoms with van der Waals surface area (Å²) in [6, 6.07) is 7.66. The molecule has 1 amide bonds. The molecule has 0 radical (unpaired) electrons. The molecule has 1 aromatic carbocycles. The summed E-state index contributed by atoms with van der Waals surface area (Å²) >= 11 is 0. The Morgan fingerprint density at radius 3 is 2.31 bits per heavy atom. The van der Waals surface area contributed by atoms with Gasteiger partial charge < -0.3 is 19.1 Å². The van der Waals surface area contributed by atoms with Crippen LogP contribution in [0.2, 0.25) is 0 Å². The molecule has 1 aromatic rings. The van der Waals surface area contributed by atoms with Crippen molar-refractivity contribution in [2.24, 2.45) is 0 Å². The van der Waals surface area contributed by atoms with Crippen molar-refractivity contribution in [3.63, 3.8) is 0 Å². The molecule has 2 saturated heterocycles. The molecule has 6 heteroatoms. The van der Waals surface area contributed by atoms with Gasteiger partial charge in [0.1, 0.15) is 17.6 Å². The Morgan fingerprint density at radius 2 is 1.73 bits per heavy atom. The normalized spacial score (nSPS) is 20.6. The maximum absolute atomic E-state index is 13.0. The Balaban J connectivity index is 1.49. The number of piperidine rings is 1. The molecule has 2 aliphatic heterocycles. The van der Waals surface area contributed by atoms with Crippen molar-refractivity contribution in [3.05, 3.63) is 24.3 Å². The van der Waals surface area contributed by atoms with Gasteiger partial charge in [-0.25, -0.2) is 0 Å². The quantitative estimate of drug-likeness (QED) is 0.776. The summed E-state index contributed by atoms with van der Waals surface area (Å²) in [5.74, 6) is 1.94. The van der Waals surface area contributed by atoms with Crippen LogP contribution in [0.3, 0.4) is 0 Å². The molecule has 6 nitrogen and oxygen atoms in total. The highest BCUT2D eigenvalue weighted by molar-refractivity contribution is 5.82. The average Bonchev–Trinajstić information content (AvgIpc) is 2.70. The van der Waals surface area contributed by atoms with Crippen molar-refractivity contribution in [2.75, 3.05) is 46.5 Å². The minimum absolute atomic E-state index is 0.0158. The highest BCUT2D eigenvalue weighted by atomic mass is 16.5. The molecular formula is C20H30N2O4. The van der Waals surface area contributed by atoms with Crippen LogP contribution < -0.4 is 9.47 Å². The summed E-state index contributed by atoms with van der Waals surface area (Å²) in [6.07, 6.45) is 2.76. The van der Waals surface area contributed by atoms with Crippen LogP contribution in [0, 0.1) is 0 Å². The van der Waals surface area contributed by atoms with E-state index in [2.05, 4.69) is 11.8 Å². The van der Waals surface area contributed by atoms with Crippen molar-refractivity contribution in [3.8, 4) is 11.5 Å². The van der Waals surface area contributed by atoms with Gasteiger partial charge in [0.05, 0.1) is 26.4 Å². The van der Waals surface area contributed by atoms with E-state index < -0.39 is 0 Å². The molecule has 3 rings (SSSR count). The van der Waals surface area contributed by atoms with E-state index in [1.807, 2.05) is 29.2 Å². The Bertz CT molecular complexity index is 564. The molecule has 0 aromatic heterocycles. The van der Waals surface area contributed by atoms with Gasteiger partial charge in [0, 0.05) is 39.0 Å². The number of benzene rings is 1. The van der Waals surface area contributed by atoms with Gasteiger partial charge in [-0.1, -0.05) is 6.92 Å². The number of methoxy groups -OCH3 is 1. The van der Waals surface area contributed by atoms with E-state index in [0.717, 1.165) is 70.2 Å². The Morgan fingerprint density at radius 1 is 1.12 bits per heavy atom. The van der Waals surface area contributed by atoms with Gasteiger partial charge in [0.15, 0.2) is 0 Å². The van der Waals surface area contributed by atoms with E-state index in [-0.39, 0.29) is 18.1 Å². The number of rotatable bonds is 6. The number of amides is 1. The van der Waals surface area contributed by atoms with Crippen LogP contribution in [0.5, 0.6) is 11.5 Å². The fourth-order valence-corrected chi connectivity index (χ4v) is 3.73. The average molecular weight is 362 g/mol. The number of hydrogen-bond donors (Lipinski definition) is 0. The molecule has 0 spiro atoms. The van der Waals surface area contributed by atoms with Crippen molar-refractivity contribution in [2.45, 2.75) is 38.3 Å². The number of morpholine rings is 1. The lowest BCUT2D eigenvalue weighted by molar-refractivity contribution is -0.140. The summed E-state index contributed by atoms with van der Waals surface area (Å²) in [7, 11) is 1.66. The van der Waals surface area contributed by atoms with Crippen LogP contribution >= 0.6 is 0 Å². The largest absolute Gasteiger partial charge is 0.497 e. The summed E-state index contributed by atoms with van der Waals surface area (Å²) in [5.41, 5.74) is 0. The molecule has 0 bridgehead atoms. The second kappa shape index (κ2) is 9.24. The maximum Gasteiger partial charge on any atom is 0.239 e. The number of carbonyl (C=O) groups is 1. The fourth-order valence-electron chi connectivity index (χ4n) is 3.73. The van der Waals surface area contributed by atoms with Crippen molar-refractivity contribution >= 4 is 5.91 Å². The fraction of sp³-hybridized carbons (Fsp3) is 0.650. The van der Waals surface area contributed by atoms with Crippen molar-refractivity contribution in [1.82, 2.24) is 9.80 Å². The van der Waals surface area contributed by atoms with Crippen molar-refractivity contribution in [1.29, 1.82) is 0 Å². The van der Waals surface area contributed by atoms with Crippen LogP contribution in [-0.4, -0.2) is 74.4 Å². The summed E-state index contributed by atoms with van der Waals surface area (Å²) in [6.45, 7) is 6.77. The van der Waals surface area contributed by atoms with Gasteiger partial charge in [0.25, 0.3) is 0 Å². The molecule has 0 saturated carbocycles. The monoisotopic (exact) mass is 362 g/mol. The summed E-state index contributed by atoms with van der Waals surface area (Å²) in [5, 5.41) is 0. The highest BCUT2D eigenvalue weighted by Crippen LogP contribution is 2.23. The van der Waals surface area contributed by atoms with Gasteiger partial charge in [-0.2, -0.15) is 0 Å². The zero-order chi connectivity index (χ0) is 18.4. The van der Waals surface area contributed by atoms with Gasteiger partial charge in [0.2, 0.25) is 5.91 Å². The van der Waals surface area contributed by atoms with E-state index in [9.17, 15) is 4.79 Å². The van der Waals surface area contributed by atoms with E-state index in [1.165, 1.54) is 0 Å². The molecule has 0 aliphatic carbocycles. The van der Waals surface area contributed by atoms with Gasteiger partial charge >= 0.3 is 0 Å². The van der Waals surface area contributed by atoms with Crippen LogP contribution in [0.25, 0.3) is 0 Å². The smallest absolute Gasteiger partial charge is 0.239 e.